The van der Waals surface area contributed by atoms with Crippen LogP contribution in [0.5, 0.6) is 0 Å². The third-order valence-corrected chi connectivity index (χ3v) is 1.87. The molecule has 0 saturated heterocycles. The highest BCUT2D eigenvalue weighted by molar-refractivity contribution is 5.04. The van der Waals surface area contributed by atoms with E-state index < -0.39 is 0 Å². The van der Waals surface area contributed by atoms with E-state index in [1.807, 2.05) is 13.8 Å². The third kappa shape index (κ3) is 2.53. The third-order valence-electron chi connectivity index (χ3n) is 1.87. The van der Waals surface area contributed by atoms with Gasteiger partial charge in [-0.1, -0.05) is 32.9 Å². The predicted molar refractivity (Wildman–Crippen MR) is 46.9 cm³/mol. The molecule has 0 aromatic rings. The van der Waals surface area contributed by atoms with Gasteiger partial charge in [-0.15, -0.1) is 0 Å². The summed E-state index contributed by atoms with van der Waals surface area (Å²) in [6, 6.07) is 0. The van der Waals surface area contributed by atoms with Crippen molar-refractivity contribution in [2.75, 3.05) is 6.54 Å². The van der Waals surface area contributed by atoms with E-state index in [9.17, 15) is 0 Å². The first kappa shape index (κ1) is 9.70. The fraction of sp³-hybridized carbons (Fsp3) is 0.778. The van der Waals surface area contributed by atoms with Gasteiger partial charge in [-0.05, 0) is 18.3 Å². The molecule has 0 saturated carbocycles. The van der Waals surface area contributed by atoms with Gasteiger partial charge in [0.25, 0.3) is 0 Å². The predicted octanol–water partition coefficient (Wildman–Crippen LogP) is 2.33. The second kappa shape index (κ2) is 4.51. The second-order valence-electron chi connectivity index (χ2n) is 2.80. The zero-order valence-electron chi connectivity index (χ0n) is 7.35. The van der Waals surface area contributed by atoms with E-state index in [0.717, 1.165) is 6.54 Å². The van der Waals surface area contributed by atoms with Gasteiger partial charge in [0.1, 0.15) is 0 Å². The van der Waals surface area contributed by atoms with Gasteiger partial charge in [0.15, 0.2) is 0 Å². The van der Waals surface area contributed by atoms with Crippen LogP contribution < -0.4 is 5.73 Å². The highest BCUT2D eigenvalue weighted by Gasteiger charge is 2.20. The maximum Gasteiger partial charge on any atom is 0.00116 e. The molecule has 10 heavy (non-hydrogen) atoms. The van der Waals surface area contributed by atoms with E-state index in [-0.39, 0.29) is 0 Å². The Kier molecular flexibility index (Phi) is 4.37. The van der Waals surface area contributed by atoms with E-state index in [2.05, 4.69) is 19.1 Å². The lowest BCUT2D eigenvalue weighted by atomic mass is 9.91. The van der Waals surface area contributed by atoms with Gasteiger partial charge in [0, 0.05) is 6.54 Å². The first-order valence-corrected chi connectivity index (χ1v) is 4.15. The molecule has 0 bridgehead atoms. The van der Waals surface area contributed by atoms with Gasteiger partial charge >= 0.3 is 0 Å². The number of hydrogen-bond donors (Lipinski definition) is 1. The van der Waals surface area contributed by atoms with Gasteiger partial charge in [-0.3, -0.25) is 0 Å². The maximum atomic E-state index is 5.52. The van der Waals surface area contributed by atoms with Crippen LogP contribution in [0, 0.1) is 5.41 Å². The molecule has 0 amide bonds. The minimum Gasteiger partial charge on any atom is -0.330 e. The molecule has 60 valence electrons. The van der Waals surface area contributed by atoms with Crippen LogP contribution in [0.2, 0.25) is 0 Å². The van der Waals surface area contributed by atoms with Crippen LogP contribution in [0.3, 0.4) is 0 Å². The first-order chi connectivity index (χ1) is 4.77. The van der Waals surface area contributed by atoms with E-state index in [0.29, 0.717) is 5.41 Å². The molecule has 1 aliphatic carbocycles. The monoisotopic (exact) mass is 141 g/mol. The number of allylic oxidation sites excluding steroid dienone is 1. The maximum absolute atomic E-state index is 5.52. The van der Waals surface area contributed by atoms with Gasteiger partial charge in [-0.2, -0.15) is 0 Å². The smallest absolute Gasteiger partial charge is 0.00116 e. The average Bonchev–Trinajstić information content (AvgIpc) is 2.42. The first-order valence-electron chi connectivity index (χ1n) is 4.15. The van der Waals surface area contributed by atoms with Crippen LogP contribution in [0.4, 0.5) is 0 Å². The summed E-state index contributed by atoms with van der Waals surface area (Å²) in [6.45, 7) is 7.00. The fourth-order valence-corrected chi connectivity index (χ4v) is 1.03. The molecule has 0 aromatic carbocycles. The molecule has 2 N–H and O–H groups in total. The van der Waals surface area contributed by atoms with Crippen molar-refractivity contribution in [1.82, 2.24) is 0 Å². The van der Waals surface area contributed by atoms with Crippen LogP contribution in [0.1, 0.15) is 33.6 Å². The van der Waals surface area contributed by atoms with E-state index in [1.165, 1.54) is 12.8 Å². The molecule has 1 unspecified atom stereocenters. The summed E-state index contributed by atoms with van der Waals surface area (Å²) in [5.74, 6) is 0. The van der Waals surface area contributed by atoms with Crippen LogP contribution >= 0.6 is 0 Å². The lowest BCUT2D eigenvalue weighted by Gasteiger charge is -2.17. The van der Waals surface area contributed by atoms with Gasteiger partial charge in [-0.25, -0.2) is 0 Å². The molecule has 0 spiro atoms. The number of hydrogen-bond acceptors (Lipinski definition) is 1. The summed E-state index contributed by atoms with van der Waals surface area (Å²) in [4.78, 5) is 0. The summed E-state index contributed by atoms with van der Waals surface area (Å²) >= 11 is 0. The molecule has 1 nitrogen and oxygen atoms in total. The lowest BCUT2D eigenvalue weighted by molar-refractivity contribution is 0.432. The highest BCUT2D eigenvalue weighted by atomic mass is 14.6. The molecule has 0 aromatic heterocycles. The van der Waals surface area contributed by atoms with Crippen molar-refractivity contribution in [3.05, 3.63) is 12.2 Å². The molecule has 1 aliphatic rings. The van der Waals surface area contributed by atoms with E-state index in [4.69, 9.17) is 5.73 Å². The Balaban J connectivity index is 0.000000371. The van der Waals surface area contributed by atoms with Gasteiger partial charge in [0.2, 0.25) is 0 Å². The van der Waals surface area contributed by atoms with Crippen molar-refractivity contribution in [2.24, 2.45) is 11.1 Å². The second-order valence-corrected chi connectivity index (χ2v) is 2.80. The minimum atomic E-state index is 0.333. The molecule has 0 heterocycles. The Bertz CT molecular complexity index is 107. The molecule has 0 fully saturated rings. The van der Waals surface area contributed by atoms with Gasteiger partial charge < -0.3 is 5.73 Å². The Morgan fingerprint density at radius 3 is 2.30 bits per heavy atom. The highest BCUT2D eigenvalue weighted by Crippen LogP contribution is 2.29. The Hall–Kier alpha value is -0.300. The summed E-state index contributed by atoms with van der Waals surface area (Å²) in [7, 11) is 0. The quantitative estimate of drug-likeness (QED) is 0.557. The Morgan fingerprint density at radius 1 is 1.50 bits per heavy atom. The van der Waals surface area contributed by atoms with Crippen molar-refractivity contribution in [3.63, 3.8) is 0 Å². The van der Waals surface area contributed by atoms with Crippen molar-refractivity contribution < 1.29 is 0 Å². The van der Waals surface area contributed by atoms with Crippen molar-refractivity contribution in [2.45, 2.75) is 33.6 Å². The molecule has 0 aliphatic heterocycles. The zero-order chi connectivity index (χ0) is 8.04. The van der Waals surface area contributed by atoms with Crippen LogP contribution in [0.25, 0.3) is 0 Å². The topological polar surface area (TPSA) is 26.0 Å². The molecule has 1 heteroatoms. The summed E-state index contributed by atoms with van der Waals surface area (Å²) in [6.07, 6.45) is 6.90. The van der Waals surface area contributed by atoms with Gasteiger partial charge in [0.05, 0.1) is 0 Å². The molecular weight excluding hydrogens is 122 g/mol. The molecule has 1 rings (SSSR count). The number of nitrogens with two attached hydrogens (primary N) is 1. The largest absolute Gasteiger partial charge is 0.330 e. The van der Waals surface area contributed by atoms with Crippen LogP contribution in [0.15, 0.2) is 12.2 Å². The Labute approximate surface area is 64.3 Å². The van der Waals surface area contributed by atoms with Crippen molar-refractivity contribution in [3.8, 4) is 0 Å². The van der Waals surface area contributed by atoms with Crippen LogP contribution in [-0.4, -0.2) is 6.54 Å². The molecule has 1 atom stereocenters. The van der Waals surface area contributed by atoms with Crippen molar-refractivity contribution >= 4 is 0 Å². The van der Waals surface area contributed by atoms with E-state index >= 15 is 0 Å². The van der Waals surface area contributed by atoms with Crippen LogP contribution in [-0.2, 0) is 0 Å². The SMILES string of the molecule is CC.CC1(CN)C=CCC1. The Morgan fingerprint density at radius 2 is 2.10 bits per heavy atom. The summed E-state index contributed by atoms with van der Waals surface area (Å²) in [5.41, 5.74) is 5.85. The normalized spacial score (nSPS) is 29.6. The zero-order valence-corrected chi connectivity index (χ0v) is 7.35. The molecule has 0 radical (unpaired) electrons. The minimum absolute atomic E-state index is 0.333. The standard InChI is InChI=1S/C7H13N.C2H6/c1-7(6-8)4-2-3-5-7;1-2/h2,4H,3,5-6,8H2,1H3;1-2H3. The number of rotatable bonds is 1. The summed E-state index contributed by atoms with van der Waals surface area (Å²) < 4.78 is 0. The summed E-state index contributed by atoms with van der Waals surface area (Å²) in [5, 5.41) is 0. The fourth-order valence-electron chi connectivity index (χ4n) is 1.03. The average molecular weight is 141 g/mol. The lowest BCUT2D eigenvalue weighted by Crippen LogP contribution is -2.21. The van der Waals surface area contributed by atoms with E-state index in [1.54, 1.807) is 0 Å². The molecular formula is C9H19N. The van der Waals surface area contributed by atoms with Crippen molar-refractivity contribution in [1.29, 1.82) is 0 Å².